The molecule has 1 saturated carbocycles. The molecule has 1 aliphatic carbocycles. The Bertz CT molecular complexity index is 1240. The normalized spacial score (nSPS) is 14.1. The zero-order chi connectivity index (χ0) is 24.4. The highest BCUT2D eigenvalue weighted by Gasteiger charge is 2.31. The summed E-state index contributed by atoms with van der Waals surface area (Å²) in [4.78, 5) is 31.2. The van der Waals surface area contributed by atoms with Crippen molar-refractivity contribution < 1.29 is 23.5 Å². The lowest BCUT2D eigenvalue weighted by Gasteiger charge is -2.28. The van der Waals surface area contributed by atoms with E-state index in [9.17, 15) is 14.0 Å². The van der Waals surface area contributed by atoms with Crippen molar-refractivity contribution in [1.29, 1.82) is 0 Å². The maximum Gasteiger partial charge on any atom is 0.257 e. The van der Waals surface area contributed by atoms with Gasteiger partial charge in [0.05, 0.1) is 12.1 Å². The fourth-order valence-electron chi connectivity index (χ4n) is 4.13. The molecule has 2 aromatic carbocycles. The number of carbonyl (C=O) groups excluding carboxylic acids is 2. The quantitative estimate of drug-likeness (QED) is 0.420. The molecule has 0 atom stereocenters. The number of aryl methyl sites for hydroxylation is 1. The minimum absolute atomic E-state index is 0.00243. The second-order valence-corrected chi connectivity index (χ2v) is 10.1. The molecule has 0 bridgehead atoms. The number of nitrogens with zero attached hydrogens (tertiary/aromatic N) is 2. The molecule has 2 aliphatic rings. The van der Waals surface area contributed by atoms with Gasteiger partial charge in [-0.15, -0.1) is 11.3 Å². The van der Waals surface area contributed by atoms with Crippen LogP contribution in [-0.2, 0) is 17.9 Å². The Kier molecular flexibility index (Phi) is 6.72. The molecule has 3 aromatic rings. The van der Waals surface area contributed by atoms with E-state index in [0.29, 0.717) is 37.1 Å². The summed E-state index contributed by atoms with van der Waals surface area (Å²) in [5, 5.41) is 2.01. The monoisotopic (exact) mass is 494 g/mol. The molecule has 2 heterocycles. The van der Waals surface area contributed by atoms with Crippen LogP contribution in [0, 0.1) is 18.7 Å². The molecule has 1 aromatic heterocycles. The number of amides is 2. The van der Waals surface area contributed by atoms with Gasteiger partial charge in [0.25, 0.3) is 5.91 Å². The molecule has 5 rings (SSSR count). The molecule has 0 N–H and O–H groups in total. The maximum atomic E-state index is 14.4. The molecule has 2 amide bonds. The van der Waals surface area contributed by atoms with E-state index in [0.717, 1.165) is 28.8 Å². The van der Waals surface area contributed by atoms with Crippen LogP contribution in [0.4, 0.5) is 4.39 Å². The zero-order valence-corrected chi connectivity index (χ0v) is 20.4. The van der Waals surface area contributed by atoms with E-state index in [1.165, 1.54) is 17.0 Å². The first-order valence-electron chi connectivity index (χ1n) is 11.7. The summed E-state index contributed by atoms with van der Waals surface area (Å²) < 4.78 is 25.3. The van der Waals surface area contributed by atoms with Gasteiger partial charge < -0.3 is 19.3 Å². The summed E-state index contributed by atoms with van der Waals surface area (Å²) >= 11 is 1.60. The van der Waals surface area contributed by atoms with Crippen LogP contribution in [0.2, 0.25) is 0 Å². The lowest BCUT2D eigenvalue weighted by atomic mass is 10.1. The molecule has 182 valence electrons. The molecule has 1 aliphatic heterocycles. The predicted octanol–water partition coefficient (Wildman–Crippen LogP) is 5.01. The van der Waals surface area contributed by atoms with Crippen LogP contribution in [0.25, 0.3) is 0 Å². The summed E-state index contributed by atoms with van der Waals surface area (Å²) in [7, 11) is 0. The van der Waals surface area contributed by atoms with Gasteiger partial charge in [-0.2, -0.15) is 0 Å². The second kappa shape index (κ2) is 10.1. The van der Waals surface area contributed by atoms with E-state index in [2.05, 4.69) is 0 Å². The first-order chi connectivity index (χ1) is 17.0. The van der Waals surface area contributed by atoms with Crippen molar-refractivity contribution in [2.75, 3.05) is 19.9 Å². The topological polar surface area (TPSA) is 59.1 Å². The van der Waals surface area contributed by atoms with Crippen molar-refractivity contribution in [3.05, 3.63) is 81.3 Å². The van der Waals surface area contributed by atoms with Crippen LogP contribution in [0.5, 0.6) is 11.5 Å². The van der Waals surface area contributed by atoms with Crippen molar-refractivity contribution in [3.8, 4) is 11.5 Å². The molecular weight excluding hydrogens is 467 g/mol. The summed E-state index contributed by atoms with van der Waals surface area (Å²) in [6, 6.07) is 13.6. The lowest BCUT2D eigenvalue weighted by molar-refractivity contribution is -0.133. The number of thiophene rings is 1. The third-order valence-corrected chi connectivity index (χ3v) is 7.37. The number of halogens is 1. The van der Waals surface area contributed by atoms with Gasteiger partial charge in [-0.1, -0.05) is 18.2 Å². The van der Waals surface area contributed by atoms with E-state index in [1.54, 1.807) is 28.4 Å². The number of hydrogen-bond acceptors (Lipinski definition) is 5. The fraction of sp³-hybridized carbons (Fsp3) is 0.333. The molecular formula is C27H27FN2O4S. The molecule has 0 spiro atoms. The van der Waals surface area contributed by atoms with Crippen LogP contribution in [0.3, 0.4) is 0 Å². The third-order valence-electron chi connectivity index (χ3n) is 6.36. The Morgan fingerprint density at radius 3 is 2.57 bits per heavy atom. The van der Waals surface area contributed by atoms with Gasteiger partial charge in [-0.05, 0) is 72.5 Å². The molecule has 0 radical (unpaired) electrons. The van der Waals surface area contributed by atoms with Crippen LogP contribution in [-0.4, -0.2) is 41.5 Å². The minimum atomic E-state index is -0.572. The van der Waals surface area contributed by atoms with Crippen LogP contribution >= 0.6 is 11.3 Å². The van der Waals surface area contributed by atoms with Crippen molar-refractivity contribution in [2.24, 2.45) is 5.92 Å². The van der Waals surface area contributed by atoms with Crippen molar-refractivity contribution in [3.63, 3.8) is 0 Å². The Hall–Kier alpha value is -3.39. The average molecular weight is 495 g/mol. The van der Waals surface area contributed by atoms with Gasteiger partial charge in [-0.25, -0.2) is 4.39 Å². The van der Waals surface area contributed by atoms with Gasteiger partial charge in [0.2, 0.25) is 12.7 Å². The van der Waals surface area contributed by atoms with Gasteiger partial charge in [0.15, 0.2) is 11.5 Å². The van der Waals surface area contributed by atoms with Crippen LogP contribution in [0.1, 0.15) is 39.2 Å². The fourth-order valence-corrected chi connectivity index (χ4v) is 5.05. The third kappa shape index (κ3) is 5.48. The molecule has 35 heavy (non-hydrogen) atoms. The Labute approximate surface area is 207 Å². The first kappa shape index (κ1) is 23.4. The van der Waals surface area contributed by atoms with E-state index < -0.39 is 11.7 Å². The lowest BCUT2D eigenvalue weighted by Crippen LogP contribution is -2.43. The highest BCUT2D eigenvalue weighted by atomic mass is 32.1. The van der Waals surface area contributed by atoms with Gasteiger partial charge >= 0.3 is 0 Å². The number of fused-ring (bicyclic) bond motifs is 1. The largest absolute Gasteiger partial charge is 0.454 e. The summed E-state index contributed by atoms with van der Waals surface area (Å²) in [5.41, 5.74) is 2.03. The summed E-state index contributed by atoms with van der Waals surface area (Å²) in [5.74, 6) is 0.510. The van der Waals surface area contributed by atoms with E-state index in [4.69, 9.17) is 9.47 Å². The standard InChI is InChI=1S/C27H27FN2O4S/c1-18-10-11-35-25(18)15-29(14-20-8-9-23-24(12-20)34-17-33-23)26(31)16-30(13-19-6-7-19)27(32)21-4-2-3-5-22(21)28/h2-5,8-12,19H,6-7,13-17H2,1H3. The number of benzene rings is 2. The van der Waals surface area contributed by atoms with Crippen molar-refractivity contribution >= 4 is 23.2 Å². The Morgan fingerprint density at radius 2 is 1.83 bits per heavy atom. The minimum Gasteiger partial charge on any atom is -0.454 e. The second-order valence-electron chi connectivity index (χ2n) is 9.07. The van der Waals surface area contributed by atoms with Crippen molar-refractivity contribution in [2.45, 2.75) is 32.9 Å². The Morgan fingerprint density at radius 1 is 1.03 bits per heavy atom. The van der Waals surface area contributed by atoms with Crippen molar-refractivity contribution in [1.82, 2.24) is 9.80 Å². The van der Waals surface area contributed by atoms with Gasteiger partial charge in [0, 0.05) is 18.0 Å². The summed E-state index contributed by atoms with van der Waals surface area (Å²) in [6.45, 7) is 3.35. The van der Waals surface area contributed by atoms with Crippen LogP contribution < -0.4 is 9.47 Å². The highest BCUT2D eigenvalue weighted by molar-refractivity contribution is 7.10. The van der Waals surface area contributed by atoms with Crippen LogP contribution in [0.15, 0.2) is 53.9 Å². The number of carbonyl (C=O) groups is 2. The molecule has 0 saturated heterocycles. The number of hydrogen-bond donors (Lipinski definition) is 0. The molecule has 1 fully saturated rings. The van der Waals surface area contributed by atoms with E-state index in [1.807, 2.05) is 36.6 Å². The number of rotatable bonds is 9. The first-order valence-corrected chi connectivity index (χ1v) is 12.6. The SMILES string of the molecule is Cc1ccsc1CN(Cc1ccc2c(c1)OCO2)C(=O)CN(CC1CC1)C(=O)c1ccccc1F. The zero-order valence-electron chi connectivity index (χ0n) is 19.5. The molecule has 0 unspecified atom stereocenters. The number of ether oxygens (including phenoxy) is 2. The Balaban J connectivity index is 1.38. The molecule has 6 nitrogen and oxygen atoms in total. The summed E-state index contributed by atoms with van der Waals surface area (Å²) in [6.07, 6.45) is 2.04. The van der Waals surface area contributed by atoms with Gasteiger partial charge in [-0.3, -0.25) is 9.59 Å². The van der Waals surface area contributed by atoms with E-state index in [-0.39, 0.29) is 24.8 Å². The van der Waals surface area contributed by atoms with Gasteiger partial charge in [0.1, 0.15) is 12.4 Å². The molecule has 8 heteroatoms. The smallest absolute Gasteiger partial charge is 0.257 e. The van der Waals surface area contributed by atoms with E-state index >= 15 is 0 Å². The average Bonchev–Trinajstić information content (AvgIpc) is 3.39. The maximum absolute atomic E-state index is 14.4. The highest BCUT2D eigenvalue weighted by Crippen LogP contribution is 2.33. The predicted molar refractivity (Wildman–Crippen MR) is 131 cm³/mol.